The number of rotatable bonds is 16. The van der Waals surface area contributed by atoms with E-state index in [2.05, 4.69) is 17.6 Å². The number of carbonyl (C=O) groups is 4. The lowest BCUT2D eigenvalue weighted by Crippen LogP contribution is -2.53. The minimum absolute atomic E-state index is 0.0228. The molecule has 0 spiro atoms. The molecule has 0 aromatic heterocycles. The van der Waals surface area contributed by atoms with Crippen LogP contribution in [0.3, 0.4) is 0 Å². The Balaban J connectivity index is 2.52. The number of primary amides is 1. The highest BCUT2D eigenvalue weighted by Gasteiger charge is 2.36. The van der Waals surface area contributed by atoms with Crippen LogP contribution >= 0.6 is 0 Å². The summed E-state index contributed by atoms with van der Waals surface area (Å²) in [6, 6.07) is 13.2. The number of nitrogens with two attached hydrogens (primary N) is 1. The second-order valence-electron chi connectivity index (χ2n) is 12.1. The summed E-state index contributed by atoms with van der Waals surface area (Å²) in [5, 5.41) is 5.67. The van der Waals surface area contributed by atoms with Gasteiger partial charge in [-0.05, 0) is 69.7 Å². The van der Waals surface area contributed by atoms with E-state index < -0.39 is 35.6 Å². The van der Waals surface area contributed by atoms with Crippen LogP contribution in [0.4, 0.5) is 4.79 Å². The number of amides is 4. The predicted octanol–water partition coefficient (Wildman–Crippen LogP) is 5.62. The maximum atomic E-state index is 14.3. The zero-order valence-corrected chi connectivity index (χ0v) is 26.7. The molecule has 9 nitrogen and oxygen atoms in total. The van der Waals surface area contributed by atoms with Gasteiger partial charge in [-0.3, -0.25) is 14.4 Å². The Morgan fingerprint density at radius 1 is 0.930 bits per heavy atom. The van der Waals surface area contributed by atoms with Crippen molar-refractivity contribution in [3.05, 3.63) is 70.8 Å². The number of benzene rings is 2. The summed E-state index contributed by atoms with van der Waals surface area (Å²) in [5.74, 6) is -1.40. The molecule has 0 bridgehead atoms. The van der Waals surface area contributed by atoms with Gasteiger partial charge in [-0.1, -0.05) is 81.1 Å². The van der Waals surface area contributed by atoms with Gasteiger partial charge in [-0.15, -0.1) is 0 Å². The highest BCUT2D eigenvalue weighted by atomic mass is 16.6. The molecule has 4 N–H and O–H groups in total. The van der Waals surface area contributed by atoms with Crippen molar-refractivity contribution in [3.8, 4) is 0 Å². The maximum absolute atomic E-state index is 14.3. The first kappa shape index (κ1) is 35.3. The molecule has 236 valence electrons. The van der Waals surface area contributed by atoms with Gasteiger partial charge in [0.05, 0.1) is 0 Å². The summed E-state index contributed by atoms with van der Waals surface area (Å²) in [7, 11) is 0. The molecule has 2 aromatic rings. The van der Waals surface area contributed by atoms with Gasteiger partial charge in [0.25, 0.3) is 0 Å². The molecule has 2 unspecified atom stereocenters. The maximum Gasteiger partial charge on any atom is 0.408 e. The highest BCUT2D eigenvalue weighted by molar-refractivity contribution is 5.92. The fraction of sp³-hybridized carbons (Fsp3) is 0.529. The molecule has 0 aliphatic carbocycles. The van der Waals surface area contributed by atoms with Gasteiger partial charge in [-0.25, -0.2) is 4.79 Å². The van der Waals surface area contributed by atoms with Gasteiger partial charge in [0, 0.05) is 19.5 Å². The predicted molar refractivity (Wildman–Crippen MR) is 169 cm³/mol. The molecule has 2 atom stereocenters. The van der Waals surface area contributed by atoms with Gasteiger partial charge in [-0.2, -0.15) is 0 Å². The fourth-order valence-corrected chi connectivity index (χ4v) is 4.74. The second kappa shape index (κ2) is 17.3. The minimum Gasteiger partial charge on any atom is -0.444 e. The molecule has 0 saturated heterocycles. The summed E-state index contributed by atoms with van der Waals surface area (Å²) in [6.45, 7) is 11.9. The zero-order valence-electron chi connectivity index (χ0n) is 26.7. The third-order valence-corrected chi connectivity index (χ3v) is 7.17. The third-order valence-electron chi connectivity index (χ3n) is 7.17. The average Bonchev–Trinajstić information content (AvgIpc) is 2.94. The van der Waals surface area contributed by atoms with E-state index in [0.717, 1.165) is 42.4 Å². The Labute approximate surface area is 256 Å². The molecule has 0 radical (unpaired) electrons. The first-order chi connectivity index (χ1) is 20.3. The van der Waals surface area contributed by atoms with Crippen molar-refractivity contribution in [3.63, 3.8) is 0 Å². The van der Waals surface area contributed by atoms with Crippen molar-refractivity contribution < 1.29 is 23.9 Å². The van der Waals surface area contributed by atoms with Crippen LogP contribution < -0.4 is 16.4 Å². The molecule has 2 rings (SSSR count). The van der Waals surface area contributed by atoms with Crippen LogP contribution in [0.15, 0.2) is 48.5 Å². The van der Waals surface area contributed by atoms with Gasteiger partial charge >= 0.3 is 6.09 Å². The second-order valence-corrected chi connectivity index (χ2v) is 12.1. The first-order valence-corrected chi connectivity index (χ1v) is 15.3. The molecule has 0 heterocycles. The number of alkyl carbamates (subject to hydrolysis) is 1. The van der Waals surface area contributed by atoms with Crippen LogP contribution in [0.1, 0.15) is 101 Å². The van der Waals surface area contributed by atoms with E-state index in [9.17, 15) is 19.2 Å². The number of carbonyl (C=O) groups excluding carboxylic acids is 4. The Hall–Kier alpha value is -3.88. The summed E-state index contributed by atoms with van der Waals surface area (Å²) < 4.78 is 5.42. The van der Waals surface area contributed by atoms with Crippen LogP contribution in [0.5, 0.6) is 0 Å². The molecule has 43 heavy (non-hydrogen) atoms. The van der Waals surface area contributed by atoms with E-state index in [-0.39, 0.29) is 18.7 Å². The summed E-state index contributed by atoms with van der Waals surface area (Å²) in [6.07, 6.45) is 3.79. The molecular formula is C34H50N4O5. The Bertz CT molecular complexity index is 1210. The van der Waals surface area contributed by atoms with Crippen molar-refractivity contribution in [1.29, 1.82) is 0 Å². The Morgan fingerprint density at radius 3 is 2.21 bits per heavy atom. The smallest absolute Gasteiger partial charge is 0.408 e. The van der Waals surface area contributed by atoms with E-state index in [1.54, 1.807) is 25.7 Å². The first-order valence-electron chi connectivity index (χ1n) is 15.3. The lowest BCUT2D eigenvalue weighted by molar-refractivity contribution is -0.143. The van der Waals surface area contributed by atoms with Gasteiger partial charge in [0.1, 0.15) is 17.7 Å². The van der Waals surface area contributed by atoms with Crippen molar-refractivity contribution in [1.82, 2.24) is 15.5 Å². The average molecular weight is 595 g/mol. The Kier molecular flexibility index (Phi) is 14.2. The van der Waals surface area contributed by atoms with E-state index in [1.807, 2.05) is 62.4 Å². The standard InChI is InChI=1S/C34H50N4O5/c1-7-8-9-10-14-21-38(32(41)28(19-20-29(35)39)37-33(42)43-34(4,5)6)30(27-18-17-24(2)25(3)22-27)31(40)36-23-26-15-12-11-13-16-26/h11-13,15-18,22,28,30H,7-10,14,19-21,23H2,1-6H3,(H2,35,39)(H,36,40)(H,37,42). The number of nitrogens with zero attached hydrogens (tertiary/aromatic N) is 1. The number of aryl methyl sites for hydroxylation is 2. The van der Waals surface area contributed by atoms with E-state index in [1.165, 1.54) is 0 Å². The molecule has 0 saturated carbocycles. The van der Waals surface area contributed by atoms with Crippen LogP contribution in [-0.2, 0) is 25.7 Å². The van der Waals surface area contributed by atoms with Crippen LogP contribution in [0, 0.1) is 13.8 Å². The van der Waals surface area contributed by atoms with Gasteiger partial charge < -0.3 is 26.0 Å². The molecule has 0 aliphatic heterocycles. The number of nitrogens with one attached hydrogen (secondary N) is 2. The van der Waals surface area contributed by atoms with E-state index >= 15 is 0 Å². The molecule has 0 fully saturated rings. The number of hydrogen-bond donors (Lipinski definition) is 3. The van der Waals surface area contributed by atoms with Gasteiger partial charge in [0.15, 0.2) is 0 Å². The fourth-order valence-electron chi connectivity index (χ4n) is 4.74. The number of ether oxygens (including phenoxy) is 1. The summed E-state index contributed by atoms with van der Waals surface area (Å²) in [5.41, 5.74) is 8.29. The van der Waals surface area contributed by atoms with E-state index in [0.29, 0.717) is 25.1 Å². The molecular weight excluding hydrogens is 544 g/mol. The molecule has 0 aliphatic rings. The molecule has 2 aromatic carbocycles. The normalized spacial score (nSPS) is 12.6. The number of unbranched alkanes of at least 4 members (excludes halogenated alkanes) is 4. The topological polar surface area (TPSA) is 131 Å². The third kappa shape index (κ3) is 12.5. The van der Waals surface area contributed by atoms with Crippen molar-refractivity contribution >= 4 is 23.8 Å². The lowest BCUT2D eigenvalue weighted by atomic mass is 9.97. The zero-order chi connectivity index (χ0) is 32.0. The lowest BCUT2D eigenvalue weighted by Gasteiger charge is -2.35. The van der Waals surface area contributed by atoms with Crippen molar-refractivity contribution in [2.45, 2.75) is 111 Å². The van der Waals surface area contributed by atoms with Crippen LogP contribution in [-0.4, -0.2) is 46.9 Å². The quantitative estimate of drug-likeness (QED) is 0.217. The van der Waals surface area contributed by atoms with Gasteiger partial charge in [0.2, 0.25) is 17.7 Å². The Morgan fingerprint density at radius 2 is 1.60 bits per heavy atom. The van der Waals surface area contributed by atoms with Crippen LogP contribution in [0.25, 0.3) is 0 Å². The highest BCUT2D eigenvalue weighted by Crippen LogP contribution is 2.26. The largest absolute Gasteiger partial charge is 0.444 e. The van der Waals surface area contributed by atoms with Crippen molar-refractivity contribution in [2.75, 3.05) is 6.54 Å². The van der Waals surface area contributed by atoms with Crippen molar-refractivity contribution in [2.24, 2.45) is 5.73 Å². The number of hydrogen-bond acceptors (Lipinski definition) is 5. The monoisotopic (exact) mass is 594 g/mol. The SMILES string of the molecule is CCCCCCCN(C(=O)C(CCC(N)=O)NC(=O)OC(C)(C)C)C(C(=O)NCc1ccccc1)c1ccc(C)c(C)c1. The minimum atomic E-state index is -1.12. The molecule has 9 heteroatoms. The summed E-state index contributed by atoms with van der Waals surface area (Å²) in [4.78, 5) is 54.4. The van der Waals surface area contributed by atoms with E-state index in [4.69, 9.17) is 10.5 Å². The molecule has 4 amide bonds. The van der Waals surface area contributed by atoms with Crippen LogP contribution in [0.2, 0.25) is 0 Å². The summed E-state index contributed by atoms with van der Waals surface area (Å²) >= 11 is 0.